The summed E-state index contributed by atoms with van der Waals surface area (Å²) in [7, 11) is 0. The van der Waals surface area contributed by atoms with E-state index in [1.54, 1.807) is 5.57 Å². The van der Waals surface area contributed by atoms with Crippen molar-refractivity contribution in [2.45, 2.75) is 104 Å². The number of fused-ring (bicyclic) bond motifs is 1. The Balaban J connectivity index is 1.70. The van der Waals surface area contributed by atoms with Crippen LogP contribution in [0.15, 0.2) is 35.5 Å². The number of allylic oxidation sites excluding steroid dienone is 4. The van der Waals surface area contributed by atoms with Crippen molar-refractivity contribution < 1.29 is 5.11 Å². The molecule has 0 spiro atoms. The molecule has 0 aromatic heterocycles. The van der Waals surface area contributed by atoms with Gasteiger partial charge in [0.15, 0.2) is 0 Å². The molecule has 2 nitrogen and oxygen atoms in total. The highest BCUT2D eigenvalue weighted by atomic mass is 16.3. The first-order chi connectivity index (χ1) is 13.7. The van der Waals surface area contributed by atoms with E-state index in [2.05, 4.69) is 46.4 Å². The largest absolute Gasteiger partial charge is 0.393 e. The molecule has 0 saturated heterocycles. The first-order valence-corrected chi connectivity index (χ1v) is 12.2. The van der Waals surface area contributed by atoms with Crippen LogP contribution < -0.4 is 5.73 Å². The Morgan fingerprint density at radius 1 is 1.14 bits per heavy atom. The molecule has 0 bridgehead atoms. The predicted molar refractivity (Wildman–Crippen MR) is 125 cm³/mol. The van der Waals surface area contributed by atoms with Crippen LogP contribution in [0.1, 0.15) is 91.9 Å². The lowest BCUT2D eigenvalue weighted by Crippen LogP contribution is -2.36. The molecule has 0 aliphatic heterocycles. The summed E-state index contributed by atoms with van der Waals surface area (Å²) in [6, 6.07) is 0.342. The molecule has 164 valence electrons. The van der Waals surface area contributed by atoms with E-state index >= 15 is 0 Å². The summed E-state index contributed by atoms with van der Waals surface area (Å²) in [5.41, 5.74) is 11.0. The van der Waals surface area contributed by atoms with E-state index in [1.165, 1.54) is 49.7 Å². The quantitative estimate of drug-likeness (QED) is 0.531. The third-order valence-electron chi connectivity index (χ3n) is 8.72. The average molecular weight is 400 g/mol. The van der Waals surface area contributed by atoms with Crippen molar-refractivity contribution in [3.05, 3.63) is 35.5 Å². The number of aliphatic hydroxyl groups excluding tert-OH is 1. The lowest BCUT2D eigenvalue weighted by atomic mass is 9.60. The van der Waals surface area contributed by atoms with Crippen LogP contribution in [0.4, 0.5) is 0 Å². The van der Waals surface area contributed by atoms with E-state index in [4.69, 9.17) is 5.73 Å². The number of hydrogen-bond acceptors (Lipinski definition) is 2. The van der Waals surface area contributed by atoms with Crippen LogP contribution in [0.2, 0.25) is 0 Å². The van der Waals surface area contributed by atoms with Gasteiger partial charge in [0, 0.05) is 6.04 Å². The van der Waals surface area contributed by atoms with Crippen LogP contribution in [-0.2, 0) is 0 Å². The van der Waals surface area contributed by atoms with Crippen LogP contribution in [0.25, 0.3) is 0 Å². The van der Waals surface area contributed by atoms with Crippen LogP contribution >= 0.6 is 0 Å². The molecule has 2 unspecified atom stereocenters. The number of hydrogen-bond donors (Lipinski definition) is 2. The molecule has 0 aromatic carbocycles. The van der Waals surface area contributed by atoms with E-state index in [0.29, 0.717) is 17.4 Å². The maximum absolute atomic E-state index is 10.0. The van der Waals surface area contributed by atoms with Gasteiger partial charge in [0.05, 0.1) is 6.10 Å². The molecule has 3 rings (SSSR count). The van der Waals surface area contributed by atoms with Gasteiger partial charge in [0.1, 0.15) is 0 Å². The SMILES string of the molecule is C=C1CC[C@H](O)CC1=CC=C1CCC[C@@]2(C)C1CC[C@@H]2[C@H](C)CCC(N)C(C)C. The Labute approximate surface area is 179 Å². The van der Waals surface area contributed by atoms with E-state index < -0.39 is 0 Å². The Morgan fingerprint density at radius 2 is 1.90 bits per heavy atom. The van der Waals surface area contributed by atoms with E-state index in [-0.39, 0.29) is 6.10 Å². The fraction of sp³-hybridized carbons (Fsp3) is 0.778. The van der Waals surface area contributed by atoms with Crippen molar-refractivity contribution in [1.82, 2.24) is 0 Å². The molecule has 29 heavy (non-hydrogen) atoms. The van der Waals surface area contributed by atoms with Crippen LogP contribution in [-0.4, -0.2) is 17.3 Å². The van der Waals surface area contributed by atoms with Crippen LogP contribution in [0.3, 0.4) is 0 Å². The van der Waals surface area contributed by atoms with Crippen molar-refractivity contribution in [2.24, 2.45) is 34.8 Å². The molecule has 3 N–H and O–H groups in total. The molecule has 0 heterocycles. The summed E-state index contributed by atoms with van der Waals surface area (Å²) in [4.78, 5) is 0. The Morgan fingerprint density at radius 3 is 2.62 bits per heavy atom. The van der Waals surface area contributed by atoms with Crippen LogP contribution in [0.5, 0.6) is 0 Å². The summed E-state index contributed by atoms with van der Waals surface area (Å²) >= 11 is 0. The summed E-state index contributed by atoms with van der Waals surface area (Å²) in [5, 5.41) is 10.0. The zero-order valence-corrected chi connectivity index (χ0v) is 19.4. The minimum Gasteiger partial charge on any atom is -0.393 e. The van der Waals surface area contributed by atoms with Gasteiger partial charge in [-0.15, -0.1) is 0 Å². The maximum Gasteiger partial charge on any atom is 0.0583 e. The molecule has 0 amide bonds. The van der Waals surface area contributed by atoms with Gasteiger partial charge in [-0.2, -0.15) is 0 Å². The predicted octanol–water partition coefficient (Wildman–Crippen LogP) is 6.56. The van der Waals surface area contributed by atoms with Gasteiger partial charge >= 0.3 is 0 Å². The van der Waals surface area contributed by atoms with Crippen molar-refractivity contribution in [3.8, 4) is 0 Å². The van der Waals surface area contributed by atoms with Gasteiger partial charge < -0.3 is 10.8 Å². The fourth-order valence-electron chi connectivity index (χ4n) is 6.60. The molecule has 2 heteroatoms. The smallest absolute Gasteiger partial charge is 0.0583 e. The first-order valence-electron chi connectivity index (χ1n) is 12.2. The molecule has 3 aliphatic rings. The van der Waals surface area contributed by atoms with Crippen molar-refractivity contribution in [3.63, 3.8) is 0 Å². The molecular weight excluding hydrogens is 354 g/mol. The molecular formula is C27H45NO. The maximum atomic E-state index is 10.0. The molecule has 0 radical (unpaired) electrons. The molecule has 3 fully saturated rings. The van der Waals surface area contributed by atoms with Crippen molar-refractivity contribution in [1.29, 1.82) is 0 Å². The van der Waals surface area contributed by atoms with Crippen molar-refractivity contribution >= 4 is 0 Å². The lowest BCUT2D eigenvalue weighted by Gasteiger charge is -2.44. The highest BCUT2D eigenvalue weighted by Crippen LogP contribution is 2.59. The summed E-state index contributed by atoms with van der Waals surface area (Å²) in [6.07, 6.45) is 16.2. The Hall–Kier alpha value is -0.860. The standard InChI is InChI=1S/C27H45NO/c1-18(2)26(28)15-9-20(4)24-13-14-25-21(7-6-16-27(24,25)5)10-11-22-17-23(29)12-8-19(22)3/h10-11,18,20,23-26,29H,3,6-9,12-17,28H2,1-2,4-5H3/t20-,23+,24-,25?,26?,27-/m1/s1. The van der Waals surface area contributed by atoms with Gasteiger partial charge in [-0.1, -0.05) is 57.6 Å². The zero-order valence-electron chi connectivity index (χ0n) is 19.4. The third-order valence-corrected chi connectivity index (χ3v) is 8.72. The van der Waals surface area contributed by atoms with Gasteiger partial charge in [0.25, 0.3) is 0 Å². The fourth-order valence-corrected chi connectivity index (χ4v) is 6.60. The van der Waals surface area contributed by atoms with Gasteiger partial charge in [-0.25, -0.2) is 0 Å². The molecule has 0 aromatic rings. The van der Waals surface area contributed by atoms with Gasteiger partial charge in [-0.05, 0) is 98.9 Å². The summed E-state index contributed by atoms with van der Waals surface area (Å²) < 4.78 is 0. The number of nitrogens with two attached hydrogens (primary N) is 1. The number of rotatable bonds is 6. The third kappa shape index (κ3) is 5.07. The minimum absolute atomic E-state index is 0.185. The monoisotopic (exact) mass is 399 g/mol. The molecule has 6 atom stereocenters. The van der Waals surface area contributed by atoms with E-state index in [9.17, 15) is 5.11 Å². The van der Waals surface area contributed by atoms with Gasteiger partial charge in [-0.3, -0.25) is 0 Å². The molecule has 3 saturated carbocycles. The molecule has 3 aliphatic carbocycles. The number of aliphatic hydroxyl groups is 1. The summed E-state index contributed by atoms with van der Waals surface area (Å²) in [6.45, 7) is 13.8. The van der Waals surface area contributed by atoms with Gasteiger partial charge in [0.2, 0.25) is 0 Å². The topological polar surface area (TPSA) is 46.2 Å². The van der Waals surface area contributed by atoms with Crippen molar-refractivity contribution in [2.75, 3.05) is 0 Å². The Bertz CT molecular complexity index is 645. The average Bonchev–Trinajstić information content (AvgIpc) is 3.04. The van der Waals surface area contributed by atoms with Crippen LogP contribution in [0, 0.1) is 29.1 Å². The Kier molecular flexibility index (Phi) is 7.49. The highest BCUT2D eigenvalue weighted by Gasteiger charge is 2.50. The summed E-state index contributed by atoms with van der Waals surface area (Å²) in [5.74, 6) is 2.91. The van der Waals surface area contributed by atoms with E-state index in [0.717, 1.165) is 43.4 Å². The van der Waals surface area contributed by atoms with E-state index in [1.807, 2.05) is 0 Å². The zero-order chi connectivity index (χ0) is 21.2. The second-order valence-electron chi connectivity index (χ2n) is 11.0. The highest BCUT2D eigenvalue weighted by molar-refractivity contribution is 5.36. The second kappa shape index (κ2) is 9.52. The minimum atomic E-state index is -0.185. The normalized spacial score (nSPS) is 37.9. The second-order valence-corrected chi connectivity index (χ2v) is 11.0. The lowest BCUT2D eigenvalue weighted by molar-refractivity contribution is 0.0921. The first kappa shape index (κ1) is 22.8.